The number of hydrogen-bond acceptors (Lipinski definition) is 5. The maximum Gasteiger partial charge on any atom is 0.267 e. The fourth-order valence-corrected chi connectivity index (χ4v) is 3.54. The normalized spacial score (nSPS) is 16.8. The van der Waals surface area contributed by atoms with Gasteiger partial charge in [-0.2, -0.15) is 0 Å². The Morgan fingerprint density at radius 2 is 2.04 bits per heavy atom. The van der Waals surface area contributed by atoms with Gasteiger partial charge in [0.1, 0.15) is 4.88 Å². The van der Waals surface area contributed by atoms with Crippen LogP contribution in [0.5, 0.6) is 0 Å². The highest BCUT2D eigenvalue weighted by atomic mass is 32.1. The van der Waals surface area contributed by atoms with Gasteiger partial charge in [0.25, 0.3) is 5.91 Å². The molecular formula is C18H23N3O2S. The number of morpholine rings is 1. The van der Waals surface area contributed by atoms with E-state index in [1.807, 2.05) is 19.1 Å². The van der Waals surface area contributed by atoms with E-state index in [0.29, 0.717) is 10.9 Å². The van der Waals surface area contributed by atoms with E-state index in [9.17, 15) is 4.79 Å². The minimum Gasteiger partial charge on any atom is -0.379 e. The quantitative estimate of drug-likeness (QED) is 0.903. The summed E-state index contributed by atoms with van der Waals surface area (Å²) in [5.41, 5.74) is 2.06. The number of carbonyl (C=O) groups excluding carboxylic acids is 1. The number of nitrogens with zero attached hydrogens (tertiary/aromatic N) is 2. The molecule has 0 aliphatic carbocycles. The molecule has 0 saturated carbocycles. The Kier molecular flexibility index (Phi) is 5.60. The van der Waals surface area contributed by atoms with Crippen LogP contribution in [-0.4, -0.2) is 42.1 Å². The molecule has 1 aromatic carbocycles. The lowest BCUT2D eigenvalue weighted by Crippen LogP contribution is -2.37. The third kappa shape index (κ3) is 4.01. The Morgan fingerprint density at radius 1 is 1.33 bits per heavy atom. The lowest BCUT2D eigenvalue weighted by Gasteiger charge is -2.32. The van der Waals surface area contributed by atoms with Crippen molar-refractivity contribution in [3.63, 3.8) is 0 Å². The molecule has 1 aromatic heterocycles. The largest absolute Gasteiger partial charge is 0.379 e. The summed E-state index contributed by atoms with van der Waals surface area (Å²) in [7, 11) is 0. The van der Waals surface area contributed by atoms with Crippen molar-refractivity contribution in [3.05, 3.63) is 45.9 Å². The predicted molar refractivity (Wildman–Crippen MR) is 96.7 cm³/mol. The van der Waals surface area contributed by atoms with E-state index < -0.39 is 0 Å². The fraction of sp³-hybridized carbons (Fsp3) is 0.444. The Morgan fingerprint density at radius 3 is 2.67 bits per heavy atom. The van der Waals surface area contributed by atoms with Gasteiger partial charge >= 0.3 is 0 Å². The molecule has 1 aliphatic heterocycles. The van der Waals surface area contributed by atoms with Crippen LogP contribution in [0.15, 0.2) is 30.5 Å². The smallest absolute Gasteiger partial charge is 0.267 e. The predicted octanol–water partition coefficient (Wildman–Crippen LogP) is 3.35. The molecule has 0 unspecified atom stereocenters. The monoisotopic (exact) mass is 345 g/mol. The van der Waals surface area contributed by atoms with Gasteiger partial charge in [-0.1, -0.05) is 19.1 Å². The number of anilines is 1. The number of carbonyl (C=O) groups is 1. The summed E-state index contributed by atoms with van der Waals surface area (Å²) in [5, 5.41) is 3.92. The first kappa shape index (κ1) is 17.1. The number of amides is 1. The number of rotatable bonds is 5. The minimum atomic E-state index is -0.0961. The van der Waals surface area contributed by atoms with Crippen molar-refractivity contribution in [2.24, 2.45) is 0 Å². The van der Waals surface area contributed by atoms with E-state index in [4.69, 9.17) is 4.74 Å². The molecule has 1 amide bonds. The molecule has 1 aliphatic rings. The number of nitrogens with one attached hydrogen (secondary N) is 1. The maximum atomic E-state index is 12.2. The molecule has 3 rings (SSSR count). The molecule has 2 aromatic rings. The zero-order valence-electron chi connectivity index (χ0n) is 14.1. The molecule has 1 fully saturated rings. The average Bonchev–Trinajstić information content (AvgIpc) is 3.12. The van der Waals surface area contributed by atoms with Crippen LogP contribution in [0.1, 0.15) is 40.1 Å². The van der Waals surface area contributed by atoms with E-state index in [-0.39, 0.29) is 5.91 Å². The number of hydrogen-bond donors (Lipinski definition) is 1. The molecule has 1 saturated heterocycles. The summed E-state index contributed by atoms with van der Waals surface area (Å²) >= 11 is 1.45. The molecule has 0 spiro atoms. The van der Waals surface area contributed by atoms with Crippen molar-refractivity contribution in [2.75, 3.05) is 31.6 Å². The van der Waals surface area contributed by atoms with Crippen LogP contribution >= 0.6 is 11.3 Å². The molecule has 24 heavy (non-hydrogen) atoms. The lowest BCUT2D eigenvalue weighted by atomic mass is 10.1. The topological polar surface area (TPSA) is 54.5 Å². The second-order valence-electron chi connectivity index (χ2n) is 5.87. The van der Waals surface area contributed by atoms with E-state index >= 15 is 0 Å². The van der Waals surface area contributed by atoms with Crippen LogP contribution in [-0.2, 0) is 11.2 Å². The summed E-state index contributed by atoms with van der Waals surface area (Å²) in [4.78, 5) is 19.5. The van der Waals surface area contributed by atoms with Crippen molar-refractivity contribution < 1.29 is 9.53 Å². The van der Waals surface area contributed by atoms with Gasteiger partial charge in [-0.05, 0) is 31.0 Å². The third-order valence-corrected chi connectivity index (χ3v) is 5.46. The second kappa shape index (κ2) is 7.88. The average molecular weight is 345 g/mol. The highest BCUT2D eigenvalue weighted by molar-refractivity contribution is 7.13. The Balaban J connectivity index is 1.62. The standard InChI is InChI=1S/C18H23N3O2S/c1-3-17-19-12-16(24-17)18(22)20-15-6-4-14(5-7-15)13(2)21-8-10-23-11-9-21/h4-7,12-13H,3,8-11H2,1-2H3,(H,20,22)/t13-/m1/s1. The maximum absolute atomic E-state index is 12.2. The van der Waals surface area contributed by atoms with Gasteiger partial charge in [0.05, 0.1) is 24.4 Å². The Hall–Kier alpha value is -1.76. The molecule has 0 bridgehead atoms. The highest BCUT2D eigenvalue weighted by Crippen LogP contribution is 2.23. The first-order valence-electron chi connectivity index (χ1n) is 8.35. The first-order chi connectivity index (χ1) is 11.7. The summed E-state index contributed by atoms with van der Waals surface area (Å²) in [6.45, 7) is 7.77. The highest BCUT2D eigenvalue weighted by Gasteiger charge is 2.18. The van der Waals surface area contributed by atoms with Gasteiger partial charge in [-0.3, -0.25) is 9.69 Å². The summed E-state index contributed by atoms with van der Waals surface area (Å²) in [5.74, 6) is -0.0961. The van der Waals surface area contributed by atoms with E-state index in [0.717, 1.165) is 43.4 Å². The molecule has 2 heterocycles. The van der Waals surface area contributed by atoms with Crippen molar-refractivity contribution in [3.8, 4) is 0 Å². The van der Waals surface area contributed by atoms with Gasteiger partial charge in [0.2, 0.25) is 0 Å². The third-order valence-electron chi connectivity index (χ3n) is 4.32. The molecule has 1 atom stereocenters. The van der Waals surface area contributed by atoms with Crippen molar-refractivity contribution >= 4 is 22.9 Å². The fourth-order valence-electron chi connectivity index (χ4n) is 2.79. The Labute approximate surface area is 146 Å². The molecule has 5 nitrogen and oxygen atoms in total. The minimum absolute atomic E-state index is 0.0961. The molecule has 1 N–H and O–H groups in total. The summed E-state index contributed by atoms with van der Waals surface area (Å²) in [6.07, 6.45) is 2.50. The van der Waals surface area contributed by atoms with Crippen molar-refractivity contribution in [1.82, 2.24) is 9.88 Å². The van der Waals surface area contributed by atoms with Gasteiger partial charge < -0.3 is 10.1 Å². The summed E-state index contributed by atoms with van der Waals surface area (Å²) < 4.78 is 5.41. The number of aromatic nitrogens is 1. The Bertz CT molecular complexity index is 678. The van der Waals surface area contributed by atoms with Crippen LogP contribution in [0, 0.1) is 0 Å². The van der Waals surface area contributed by atoms with Crippen LogP contribution in [0.3, 0.4) is 0 Å². The SMILES string of the molecule is CCc1ncc(C(=O)Nc2ccc([C@@H](C)N3CCOCC3)cc2)s1. The van der Waals surface area contributed by atoms with Crippen molar-refractivity contribution in [1.29, 1.82) is 0 Å². The van der Waals surface area contributed by atoms with Crippen LogP contribution in [0.25, 0.3) is 0 Å². The number of thiazole rings is 1. The van der Waals surface area contributed by atoms with Gasteiger partial charge in [-0.15, -0.1) is 11.3 Å². The first-order valence-corrected chi connectivity index (χ1v) is 9.17. The number of benzene rings is 1. The lowest BCUT2D eigenvalue weighted by molar-refractivity contribution is 0.0198. The van der Waals surface area contributed by atoms with Crippen LogP contribution < -0.4 is 5.32 Å². The van der Waals surface area contributed by atoms with E-state index in [1.165, 1.54) is 16.9 Å². The van der Waals surface area contributed by atoms with Gasteiger partial charge in [-0.25, -0.2) is 4.98 Å². The zero-order valence-corrected chi connectivity index (χ0v) is 14.9. The molecule has 0 radical (unpaired) electrons. The molecule has 128 valence electrons. The molecule has 6 heteroatoms. The van der Waals surface area contributed by atoms with Gasteiger partial charge in [0, 0.05) is 24.8 Å². The van der Waals surface area contributed by atoms with Gasteiger partial charge in [0.15, 0.2) is 0 Å². The zero-order chi connectivity index (χ0) is 16.9. The second-order valence-corrected chi connectivity index (χ2v) is 6.99. The van der Waals surface area contributed by atoms with E-state index in [1.54, 1.807) is 6.20 Å². The van der Waals surface area contributed by atoms with Crippen LogP contribution in [0.2, 0.25) is 0 Å². The number of aryl methyl sites for hydroxylation is 1. The van der Waals surface area contributed by atoms with E-state index in [2.05, 4.69) is 34.3 Å². The molecular weight excluding hydrogens is 322 g/mol. The summed E-state index contributed by atoms with van der Waals surface area (Å²) in [6, 6.07) is 8.45. The number of ether oxygens (including phenoxy) is 1. The van der Waals surface area contributed by atoms with Crippen LogP contribution in [0.4, 0.5) is 5.69 Å². The van der Waals surface area contributed by atoms with Crippen molar-refractivity contribution in [2.45, 2.75) is 26.3 Å².